The Bertz CT molecular complexity index is 179. The molecular formula is C6H10N2OS2. The van der Waals surface area contributed by atoms with Gasteiger partial charge in [-0.3, -0.25) is 0 Å². The zero-order valence-electron chi connectivity index (χ0n) is 6.06. The van der Waals surface area contributed by atoms with E-state index >= 15 is 0 Å². The molecule has 0 radical (unpaired) electrons. The van der Waals surface area contributed by atoms with Crippen molar-refractivity contribution in [3.05, 3.63) is 5.51 Å². The molecule has 11 heavy (non-hydrogen) atoms. The first-order valence-corrected chi connectivity index (χ1v) is 5.30. The van der Waals surface area contributed by atoms with E-state index in [2.05, 4.69) is 10.2 Å². The molecule has 1 aromatic heterocycles. The third-order valence-corrected chi connectivity index (χ3v) is 3.06. The van der Waals surface area contributed by atoms with Gasteiger partial charge in [-0.1, -0.05) is 23.1 Å². The fraction of sp³-hybridized carbons (Fsp3) is 0.667. The van der Waals surface area contributed by atoms with Crippen molar-refractivity contribution < 1.29 is 5.11 Å². The summed E-state index contributed by atoms with van der Waals surface area (Å²) in [5.74, 6) is 1.02. The first-order valence-electron chi connectivity index (χ1n) is 3.43. The Labute approximate surface area is 73.9 Å². The topological polar surface area (TPSA) is 46.0 Å². The number of aliphatic hydroxyl groups is 1. The number of hydrogen-bond donors (Lipinski definition) is 1. The van der Waals surface area contributed by atoms with E-state index in [4.69, 9.17) is 5.11 Å². The standard InChI is InChI=1S/C6H10N2OS2/c9-3-1-2-4-10-6-8-7-5-11-6/h5,9H,1-4H2. The lowest BCUT2D eigenvalue weighted by molar-refractivity contribution is 0.287. The minimum absolute atomic E-state index is 0.288. The summed E-state index contributed by atoms with van der Waals surface area (Å²) in [6.07, 6.45) is 1.92. The van der Waals surface area contributed by atoms with Gasteiger partial charge in [-0.2, -0.15) is 0 Å². The molecule has 0 saturated carbocycles. The number of aromatic nitrogens is 2. The van der Waals surface area contributed by atoms with Gasteiger partial charge in [-0.15, -0.1) is 10.2 Å². The second-order valence-electron chi connectivity index (χ2n) is 1.98. The number of hydrogen-bond acceptors (Lipinski definition) is 5. The highest BCUT2D eigenvalue weighted by atomic mass is 32.2. The molecule has 0 saturated heterocycles. The lowest BCUT2D eigenvalue weighted by Crippen LogP contribution is -1.84. The van der Waals surface area contributed by atoms with Crippen LogP contribution in [0.1, 0.15) is 12.8 Å². The first kappa shape index (κ1) is 8.96. The highest BCUT2D eigenvalue weighted by molar-refractivity contribution is 8.00. The molecule has 0 fully saturated rings. The number of rotatable bonds is 5. The third-order valence-electron chi connectivity index (χ3n) is 1.12. The summed E-state index contributed by atoms with van der Waals surface area (Å²) in [6, 6.07) is 0. The molecule has 5 heteroatoms. The zero-order valence-corrected chi connectivity index (χ0v) is 7.70. The maximum atomic E-state index is 8.49. The SMILES string of the molecule is OCCCCSc1nncs1. The molecule has 0 aliphatic rings. The molecular weight excluding hydrogens is 180 g/mol. The van der Waals surface area contributed by atoms with Crippen molar-refractivity contribution in [2.45, 2.75) is 17.2 Å². The number of nitrogens with zero attached hydrogens (tertiary/aromatic N) is 2. The summed E-state index contributed by atoms with van der Waals surface area (Å²) in [4.78, 5) is 0. The lowest BCUT2D eigenvalue weighted by atomic mass is 10.4. The van der Waals surface area contributed by atoms with Gasteiger partial charge in [0.15, 0.2) is 4.34 Å². The number of aliphatic hydroxyl groups excluding tert-OH is 1. The third kappa shape index (κ3) is 3.69. The Hall–Kier alpha value is -0.130. The normalized spacial score (nSPS) is 10.3. The van der Waals surface area contributed by atoms with E-state index in [0.717, 1.165) is 22.9 Å². The van der Waals surface area contributed by atoms with Crippen molar-refractivity contribution in [1.82, 2.24) is 10.2 Å². The van der Waals surface area contributed by atoms with Gasteiger partial charge in [0, 0.05) is 12.4 Å². The Balaban J connectivity index is 2.04. The van der Waals surface area contributed by atoms with Gasteiger partial charge in [0.25, 0.3) is 0 Å². The van der Waals surface area contributed by atoms with E-state index in [0.29, 0.717) is 0 Å². The van der Waals surface area contributed by atoms with E-state index in [1.54, 1.807) is 28.6 Å². The average molecular weight is 190 g/mol. The molecule has 3 nitrogen and oxygen atoms in total. The molecule has 0 aliphatic heterocycles. The van der Waals surface area contributed by atoms with Crippen molar-refractivity contribution in [2.24, 2.45) is 0 Å². The molecule has 0 atom stereocenters. The summed E-state index contributed by atoms with van der Waals surface area (Å²) in [7, 11) is 0. The lowest BCUT2D eigenvalue weighted by Gasteiger charge is -1.93. The molecule has 1 N–H and O–H groups in total. The van der Waals surface area contributed by atoms with Crippen LogP contribution in [-0.4, -0.2) is 27.7 Å². The van der Waals surface area contributed by atoms with Crippen molar-refractivity contribution in [3.8, 4) is 0 Å². The van der Waals surface area contributed by atoms with Crippen LogP contribution in [0.3, 0.4) is 0 Å². The van der Waals surface area contributed by atoms with Crippen molar-refractivity contribution in [2.75, 3.05) is 12.4 Å². The molecule has 1 rings (SSSR count). The second kappa shape index (κ2) is 5.51. The fourth-order valence-corrected chi connectivity index (χ4v) is 2.16. The number of thioether (sulfide) groups is 1. The molecule has 0 aromatic carbocycles. The van der Waals surface area contributed by atoms with Gasteiger partial charge in [-0.25, -0.2) is 0 Å². The van der Waals surface area contributed by atoms with Crippen LogP contribution in [0.5, 0.6) is 0 Å². The van der Waals surface area contributed by atoms with Crippen LogP contribution >= 0.6 is 23.1 Å². The Morgan fingerprint density at radius 1 is 1.55 bits per heavy atom. The largest absolute Gasteiger partial charge is 0.396 e. The van der Waals surface area contributed by atoms with Gasteiger partial charge in [0.05, 0.1) is 0 Å². The smallest absolute Gasteiger partial charge is 0.174 e. The van der Waals surface area contributed by atoms with Gasteiger partial charge < -0.3 is 5.11 Å². The van der Waals surface area contributed by atoms with Crippen LogP contribution in [0.25, 0.3) is 0 Å². The van der Waals surface area contributed by atoms with Crippen LogP contribution in [0.15, 0.2) is 9.85 Å². The minimum atomic E-state index is 0.288. The molecule has 0 bridgehead atoms. The van der Waals surface area contributed by atoms with E-state index in [9.17, 15) is 0 Å². The van der Waals surface area contributed by atoms with Crippen LogP contribution < -0.4 is 0 Å². The Morgan fingerprint density at radius 2 is 2.45 bits per heavy atom. The van der Waals surface area contributed by atoms with E-state index in [-0.39, 0.29) is 6.61 Å². The molecule has 1 heterocycles. The van der Waals surface area contributed by atoms with Gasteiger partial charge >= 0.3 is 0 Å². The van der Waals surface area contributed by atoms with Crippen LogP contribution in [0, 0.1) is 0 Å². The average Bonchev–Trinajstić information content (AvgIpc) is 2.50. The summed E-state index contributed by atoms with van der Waals surface area (Å²) in [5, 5.41) is 16.1. The summed E-state index contributed by atoms with van der Waals surface area (Å²) in [5.41, 5.74) is 1.73. The summed E-state index contributed by atoms with van der Waals surface area (Å²) < 4.78 is 1.02. The highest BCUT2D eigenvalue weighted by Gasteiger charge is 1.95. The Kier molecular flexibility index (Phi) is 4.49. The zero-order chi connectivity index (χ0) is 7.94. The maximum Gasteiger partial charge on any atom is 0.174 e. The minimum Gasteiger partial charge on any atom is -0.396 e. The summed E-state index contributed by atoms with van der Waals surface area (Å²) >= 11 is 3.26. The molecule has 1 aromatic rings. The quantitative estimate of drug-likeness (QED) is 0.563. The van der Waals surface area contributed by atoms with Crippen molar-refractivity contribution in [3.63, 3.8) is 0 Å². The predicted octanol–water partition coefficient (Wildman–Crippen LogP) is 1.40. The molecule has 0 spiro atoms. The van der Waals surface area contributed by atoms with E-state index in [1.807, 2.05) is 0 Å². The molecule has 62 valence electrons. The molecule has 0 amide bonds. The first-order chi connectivity index (χ1) is 5.43. The predicted molar refractivity (Wildman–Crippen MR) is 47.0 cm³/mol. The number of unbranched alkanes of at least 4 members (excludes halogenated alkanes) is 1. The highest BCUT2D eigenvalue weighted by Crippen LogP contribution is 2.19. The monoisotopic (exact) mass is 190 g/mol. The van der Waals surface area contributed by atoms with Gasteiger partial charge in [0.2, 0.25) is 0 Å². The van der Waals surface area contributed by atoms with E-state index < -0.39 is 0 Å². The fourth-order valence-electron chi connectivity index (χ4n) is 0.599. The van der Waals surface area contributed by atoms with Crippen LogP contribution in [0.4, 0.5) is 0 Å². The molecule has 0 aliphatic carbocycles. The van der Waals surface area contributed by atoms with Crippen LogP contribution in [0.2, 0.25) is 0 Å². The van der Waals surface area contributed by atoms with Crippen LogP contribution in [-0.2, 0) is 0 Å². The van der Waals surface area contributed by atoms with E-state index in [1.165, 1.54) is 0 Å². The Morgan fingerprint density at radius 3 is 3.09 bits per heavy atom. The van der Waals surface area contributed by atoms with Gasteiger partial charge in [-0.05, 0) is 12.8 Å². The van der Waals surface area contributed by atoms with Crippen molar-refractivity contribution >= 4 is 23.1 Å². The molecule has 0 unspecified atom stereocenters. The van der Waals surface area contributed by atoms with Gasteiger partial charge in [0.1, 0.15) is 5.51 Å². The maximum absolute atomic E-state index is 8.49. The van der Waals surface area contributed by atoms with Crippen molar-refractivity contribution in [1.29, 1.82) is 0 Å². The second-order valence-corrected chi connectivity index (χ2v) is 4.16. The summed E-state index contributed by atoms with van der Waals surface area (Å²) in [6.45, 7) is 0.288.